The van der Waals surface area contributed by atoms with Crippen molar-refractivity contribution in [2.24, 2.45) is 0 Å². The van der Waals surface area contributed by atoms with Gasteiger partial charge >= 0.3 is 0 Å². The lowest BCUT2D eigenvalue weighted by Gasteiger charge is -2.12. The number of rotatable bonds is 1. The van der Waals surface area contributed by atoms with Crippen LogP contribution >= 0.6 is 11.3 Å². The van der Waals surface area contributed by atoms with Crippen molar-refractivity contribution in [3.8, 4) is 11.1 Å². The molecular formula is C26H15BS. The Balaban J connectivity index is 1.77. The fourth-order valence-electron chi connectivity index (χ4n) is 4.32. The van der Waals surface area contributed by atoms with Crippen molar-refractivity contribution in [2.75, 3.05) is 0 Å². The highest BCUT2D eigenvalue weighted by atomic mass is 32.1. The molecule has 0 nitrogen and oxygen atoms in total. The number of benzene rings is 5. The van der Waals surface area contributed by atoms with Crippen LogP contribution in [0.3, 0.4) is 0 Å². The first kappa shape index (κ1) is 15.9. The minimum absolute atomic E-state index is 0.803. The molecule has 0 spiro atoms. The smallest absolute Gasteiger partial charge is 0.113 e. The molecular weight excluding hydrogens is 355 g/mol. The van der Waals surface area contributed by atoms with Crippen LogP contribution in [0.25, 0.3) is 52.8 Å². The zero-order valence-electron chi connectivity index (χ0n) is 15.1. The maximum atomic E-state index is 6.38. The summed E-state index contributed by atoms with van der Waals surface area (Å²) >= 11 is 1.86. The molecule has 0 aliphatic carbocycles. The average Bonchev–Trinajstić information content (AvgIpc) is 3.12. The van der Waals surface area contributed by atoms with Gasteiger partial charge in [-0.05, 0) is 33.2 Å². The molecule has 0 saturated carbocycles. The maximum absolute atomic E-state index is 6.38. The van der Waals surface area contributed by atoms with Crippen LogP contribution in [0, 0.1) is 0 Å². The van der Waals surface area contributed by atoms with Crippen molar-refractivity contribution in [3.63, 3.8) is 0 Å². The molecule has 0 amide bonds. The van der Waals surface area contributed by atoms with E-state index in [0.717, 1.165) is 5.46 Å². The molecule has 0 atom stereocenters. The predicted octanol–water partition coefficient (Wildman–Crippen LogP) is 6.82. The van der Waals surface area contributed by atoms with E-state index in [1.165, 1.54) is 52.8 Å². The van der Waals surface area contributed by atoms with E-state index in [2.05, 4.69) is 91.0 Å². The van der Waals surface area contributed by atoms with Crippen LogP contribution in [0.2, 0.25) is 0 Å². The standard InChI is InChI=1S/C26H15BS/c27-17-14-23-18-7-2-1-6-16(18)12-13-19(23)24(15-17)22-10-5-9-21-20-8-3-4-11-25(20)28-26(21)22/h1-15H. The molecule has 0 bridgehead atoms. The van der Waals surface area contributed by atoms with Crippen LogP contribution in [0.15, 0.2) is 91.0 Å². The molecule has 2 heteroatoms. The summed E-state index contributed by atoms with van der Waals surface area (Å²) in [4.78, 5) is 0. The van der Waals surface area contributed by atoms with Crippen LogP contribution in [-0.2, 0) is 0 Å². The van der Waals surface area contributed by atoms with E-state index in [-0.39, 0.29) is 0 Å². The summed E-state index contributed by atoms with van der Waals surface area (Å²) in [6.07, 6.45) is 0. The summed E-state index contributed by atoms with van der Waals surface area (Å²) in [5.74, 6) is 0. The quantitative estimate of drug-likeness (QED) is 0.220. The van der Waals surface area contributed by atoms with Crippen molar-refractivity contribution in [3.05, 3.63) is 91.0 Å². The normalized spacial score (nSPS) is 11.7. The summed E-state index contributed by atoms with van der Waals surface area (Å²) in [5.41, 5.74) is 3.26. The van der Waals surface area contributed by atoms with E-state index in [9.17, 15) is 0 Å². The molecule has 0 aliphatic rings. The highest BCUT2D eigenvalue weighted by molar-refractivity contribution is 7.26. The Labute approximate surface area is 168 Å². The lowest BCUT2D eigenvalue weighted by Crippen LogP contribution is -2.02. The summed E-state index contributed by atoms with van der Waals surface area (Å²) < 4.78 is 2.65. The van der Waals surface area contributed by atoms with E-state index >= 15 is 0 Å². The van der Waals surface area contributed by atoms with E-state index in [1.807, 2.05) is 11.3 Å². The van der Waals surface area contributed by atoms with Crippen molar-refractivity contribution >= 4 is 66.4 Å². The van der Waals surface area contributed by atoms with E-state index in [0.29, 0.717) is 0 Å². The number of hydrogen-bond acceptors (Lipinski definition) is 1. The number of thiophene rings is 1. The van der Waals surface area contributed by atoms with Crippen molar-refractivity contribution in [2.45, 2.75) is 0 Å². The van der Waals surface area contributed by atoms with Gasteiger partial charge in [0.2, 0.25) is 0 Å². The maximum Gasteiger partial charge on any atom is 0.113 e. The second-order valence-electron chi connectivity index (χ2n) is 7.23. The molecule has 6 aromatic rings. The Morgan fingerprint density at radius 1 is 0.536 bits per heavy atom. The van der Waals surface area contributed by atoms with Gasteiger partial charge in [-0.3, -0.25) is 0 Å². The molecule has 0 unspecified atom stereocenters. The third-order valence-electron chi connectivity index (χ3n) is 5.58. The fourth-order valence-corrected chi connectivity index (χ4v) is 5.55. The highest BCUT2D eigenvalue weighted by Crippen LogP contribution is 2.42. The Hall–Kier alpha value is -3.10. The second kappa shape index (κ2) is 5.95. The van der Waals surface area contributed by atoms with E-state index in [1.54, 1.807) is 0 Å². The van der Waals surface area contributed by atoms with Gasteiger partial charge in [-0.1, -0.05) is 90.4 Å². The Bertz CT molecular complexity index is 1520. The molecule has 2 radical (unpaired) electrons. The molecule has 0 saturated heterocycles. The lowest BCUT2D eigenvalue weighted by atomic mass is 9.86. The SMILES string of the molecule is [B]c1cc(-c2cccc3c2sc2ccccc23)c2ccc3ccccc3c2c1. The second-order valence-corrected chi connectivity index (χ2v) is 8.28. The summed E-state index contributed by atoms with van der Waals surface area (Å²) in [6.45, 7) is 0. The average molecular weight is 370 g/mol. The van der Waals surface area contributed by atoms with Crippen LogP contribution in [0.1, 0.15) is 0 Å². The molecule has 1 heterocycles. The van der Waals surface area contributed by atoms with Crippen LogP contribution < -0.4 is 5.46 Å². The summed E-state index contributed by atoms with van der Waals surface area (Å²) in [7, 11) is 6.38. The molecule has 6 rings (SSSR count). The first-order valence-corrected chi connectivity index (χ1v) is 10.2. The van der Waals surface area contributed by atoms with Gasteiger partial charge in [0.1, 0.15) is 7.85 Å². The van der Waals surface area contributed by atoms with Gasteiger partial charge in [-0.25, -0.2) is 0 Å². The van der Waals surface area contributed by atoms with Gasteiger partial charge in [0.15, 0.2) is 0 Å². The van der Waals surface area contributed by atoms with Gasteiger partial charge in [0.05, 0.1) is 0 Å². The Kier molecular flexibility index (Phi) is 3.38. The minimum atomic E-state index is 0.803. The lowest BCUT2D eigenvalue weighted by molar-refractivity contribution is 1.75. The molecule has 5 aromatic carbocycles. The zero-order chi connectivity index (χ0) is 18.7. The molecule has 0 fully saturated rings. The Morgan fingerprint density at radius 3 is 2.25 bits per heavy atom. The molecule has 1 aromatic heterocycles. The summed E-state index contributed by atoms with van der Waals surface area (Å²) in [5, 5.41) is 7.59. The number of fused-ring (bicyclic) bond motifs is 6. The molecule has 28 heavy (non-hydrogen) atoms. The van der Waals surface area contributed by atoms with E-state index < -0.39 is 0 Å². The van der Waals surface area contributed by atoms with Crippen molar-refractivity contribution < 1.29 is 0 Å². The molecule has 0 aliphatic heterocycles. The molecule has 128 valence electrons. The first-order chi connectivity index (χ1) is 13.8. The third-order valence-corrected chi connectivity index (χ3v) is 6.80. The van der Waals surface area contributed by atoms with Crippen LogP contribution in [-0.4, -0.2) is 7.85 Å². The van der Waals surface area contributed by atoms with Gasteiger partial charge in [0, 0.05) is 25.7 Å². The van der Waals surface area contributed by atoms with Gasteiger partial charge in [-0.2, -0.15) is 0 Å². The van der Waals surface area contributed by atoms with E-state index in [4.69, 9.17) is 7.85 Å². The predicted molar refractivity (Wildman–Crippen MR) is 125 cm³/mol. The topological polar surface area (TPSA) is 0 Å². The zero-order valence-corrected chi connectivity index (χ0v) is 16.0. The van der Waals surface area contributed by atoms with Crippen molar-refractivity contribution in [1.82, 2.24) is 0 Å². The largest absolute Gasteiger partial charge is 0.135 e. The Morgan fingerprint density at radius 2 is 1.32 bits per heavy atom. The molecule has 0 N–H and O–H groups in total. The van der Waals surface area contributed by atoms with Gasteiger partial charge in [-0.15, -0.1) is 11.3 Å². The number of hydrogen-bond donors (Lipinski definition) is 0. The van der Waals surface area contributed by atoms with Crippen molar-refractivity contribution in [1.29, 1.82) is 0 Å². The third kappa shape index (κ3) is 2.25. The van der Waals surface area contributed by atoms with Crippen LogP contribution in [0.5, 0.6) is 0 Å². The first-order valence-electron chi connectivity index (χ1n) is 9.41. The van der Waals surface area contributed by atoms with Gasteiger partial charge in [0.25, 0.3) is 0 Å². The van der Waals surface area contributed by atoms with Crippen LogP contribution in [0.4, 0.5) is 0 Å². The van der Waals surface area contributed by atoms with Gasteiger partial charge < -0.3 is 0 Å². The monoisotopic (exact) mass is 370 g/mol. The summed E-state index contributed by atoms with van der Waals surface area (Å²) in [6, 6.07) is 32.4. The highest BCUT2D eigenvalue weighted by Gasteiger charge is 2.13. The minimum Gasteiger partial charge on any atom is -0.135 e. The fraction of sp³-hybridized carbons (Fsp3) is 0.